The van der Waals surface area contributed by atoms with Crippen LogP contribution in [-0.4, -0.2) is 61.7 Å². The smallest absolute Gasteiger partial charge is 0.414 e. The molecule has 1 unspecified atom stereocenters. The van der Waals surface area contributed by atoms with Crippen molar-refractivity contribution in [1.82, 2.24) is 4.90 Å². The van der Waals surface area contributed by atoms with Gasteiger partial charge >= 0.3 is 12.2 Å². The Labute approximate surface area is 148 Å². The molecule has 1 atom stereocenters. The number of thiol groups is 1. The molecule has 0 saturated carbocycles. The van der Waals surface area contributed by atoms with E-state index in [1.54, 1.807) is 7.05 Å². The van der Waals surface area contributed by atoms with Crippen LogP contribution in [0.4, 0.5) is 30.1 Å². The van der Waals surface area contributed by atoms with Gasteiger partial charge in [-0.15, -0.1) is 0 Å². The zero-order valence-electron chi connectivity index (χ0n) is 13.3. The molecule has 0 N–H and O–H groups in total. The van der Waals surface area contributed by atoms with Crippen LogP contribution in [0.15, 0.2) is 18.2 Å². The van der Waals surface area contributed by atoms with E-state index in [2.05, 4.69) is 12.6 Å². The fraction of sp³-hybridized carbons (Fsp3) is 0.400. The first-order valence-electron chi connectivity index (χ1n) is 7.52. The normalized spacial score (nSPS) is 19.9. The second-order valence-corrected chi connectivity index (χ2v) is 6.05. The third kappa shape index (κ3) is 3.34. The molecule has 0 aromatic heterocycles. The summed E-state index contributed by atoms with van der Waals surface area (Å²) in [7, 11) is 1.54. The van der Waals surface area contributed by atoms with Gasteiger partial charge in [0.1, 0.15) is 19.0 Å². The second kappa shape index (κ2) is 6.79. The van der Waals surface area contributed by atoms with E-state index < -0.39 is 29.3 Å². The summed E-state index contributed by atoms with van der Waals surface area (Å²) in [4.78, 5) is 38.6. The fourth-order valence-electron chi connectivity index (χ4n) is 2.78. The molecule has 1 aromatic carbocycles. The number of carbonyl (C=O) groups is 3. The molecule has 10 heteroatoms. The van der Waals surface area contributed by atoms with Crippen molar-refractivity contribution in [1.29, 1.82) is 0 Å². The molecule has 3 amide bonds. The summed E-state index contributed by atoms with van der Waals surface area (Å²) in [6.07, 6.45) is -1.24. The predicted molar refractivity (Wildman–Crippen MR) is 89.7 cm³/mol. The van der Waals surface area contributed by atoms with E-state index in [9.17, 15) is 18.8 Å². The number of ether oxygens (including phenoxy) is 2. The summed E-state index contributed by atoms with van der Waals surface area (Å²) in [5.41, 5.74) is 0.361. The zero-order valence-corrected chi connectivity index (χ0v) is 14.2. The number of rotatable bonds is 4. The van der Waals surface area contributed by atoms with Gasteiger partial charge in [0.05, 0.1) is 24.0 Å². The molecule has 134 valence electrons. The van der Waals surface area contributed by atoms with Crippen LogP contribution in [0.25, 0.3) is 0 Å². The lowest BCUT2D eigenvalue weighted by Crippen LogP contribution is -2.42. The first kappa shape index (κ1) is 17.3. The molecule has 3 rings (SSSR count). The molecule has 0 spiro atoms. The first-order chi connectivity index (χ1) is 11.9. The first-order valence-corrected chi connectivity index (χ1v) is 7.97. The number of benzene rings is 1. The van der Waals surface area contributed by atoms with Crippen LogP contribution in [0.2, 0.25) is 0 Å². The van der Waals surface area contributed by atoms with Crippen LogP contribution in [0.3, 0.4) is 0 Å². The minimum Gasteiger partial charge on any atom is -0.447 e. The Morgan fingerprint density at radius 2 is 2.12 bits per heavy atom. The molecule has 25 heavy (non-hydrogen) atoms. The number of likely N-dealkylation sites (N-methyl/N-ethyl adjacent to an activating group) is 1. The Morgan fingerprint density at radius 1 is 1.36 bits per heavy atom. The molecule has 2 heterocycles. The summed E-state index contributed by atoms with van der Waals surface area (Å²) < 4.78 is 24.3. The summed E-state index contributed by atoms with van der Waals surface area (Å²) >= 11 is 3.73. The van der Waals surface area contributed by atoms with E-state index in [0.29, 0.717) is 0 Å². The maximum absolute atomic E-state index is 14.5. The zero-order chi connectivity index (χ0) is 18.1. The van der Waals surface area contributed by atoms with Crippen molar-refractivity contribution in [2.45, 2.75) is 6.04 Å². The highest BCUT2D eigenvalue weighted by molar-refractivity contribution is 7.96. The van der Waals surface area contributed by atoms with Gasteiger partial charge in [-0.2, -0.15) is 0 Å². The van der Waals surface area contributed by atoms with Crippen molar-refractivity contribution in [3.63, 3.8) is 0 Å². The molecule has 0 bridgehead atoms. The van der Waals surface area contributed by atoms with E-state index in [4.69, 9.17) is 9.47 Å². The highest BCUT2D eigenvalue weighted by atomic mass is 32.1. The largest absolute Gasteiger partial charge is 0.447 e. The third-order valence-electron chi connectivity index (χ3n) is 4.03. The third-order valence-corrected chi connectivity index (χ3v) is 4.37. The Hall–Kier alpha value is -2.49. The molecule has 2 saturated heterocycles. The van der Waals surface area contributed by atoms with Gasteiger partial charge in [0.15, 0.2) is 0 Å². The number of cyclic esters (lactones) is 2. The SMILES string of the molecule is CN(CC1COC(=O)N1c1ccc(N2CCOC2=O)c(F)c1)C(=O)S. The molecule has 1 aromatic rings. The van der Waals surface area contributed by atoms with E-state index >= 15 is 0 Å². The van der Waals surface area contributed by atoms with E-state index in [1.165, 1.54) is 26.8 Å². The van der Waals surface area contributed by atoms with Crippen LogP contribution in [0.5, 0.6) is 0 Å². The molecule has 2 aliphatic rings. The van der Waals surface area contributed by atoms with Crippen LogP contribution in [0, 0.1) is 5.82 Å². The maximum atomic E-state index is 14.5. The van der Waals surface area contributed by atoms with Crippen molar-refractivity contribution >= 4 is 41.4 Å². The fourth-order valence-corrected chi connectivity index (χ4v) is 2.86. The lowest BCUT2D eigenvalue weighted by atomic mass is 10.2. The van der Waals surface area contributed by atoms with Gasteiger partial charge in [-0.25, -0.2) is 14.0 Å². The average Bonchev–Trinajstić information content (AvgIpc) is 3.13. The van der Waals surface area contributed by atoms with Gasteiger partial charge in [0.25, 0.3) is 5.24 Å². The molecule has 8 nitrogen and oxygen atoms in total. The number of amides is 3. The minimum absolute atomic E-state index is 0.0754. The summed E-state index contributed by atoms with van der Waals surface area (Å²) in [5.74, 6) is -0.659. The highest BCUT2D eigenvalue weighted by Crippen LogP contribution is 2.30. The Morgan fingerprint density at radius 3 is 2.72 bits per heavy atom. The molecule has 0 radical (unpaired) electrons. The van der Waals surface area contributed by atoms with E-state index in [-0.39, 0.29) is 37.7 Å². The van der Waals surface area contributed by atoms with Gasteiger partial charge in [-0.05, 0) is 18.2 Å². The Bertz CT molecular complexity index is 731. The monoisotopic (exact) mass is 369 g/mol. The molecule has 2 aliphatic heterocycles. The van der Waals surface area contributed by atoms with Gasteiger partial charge in [-0.3, -0.25) is 14.6 Å². The van der Waals surface area contributed by atoms with Crippen LogP contribution < -0.4 is 9.80 Å². The van der Waals surface area contributed by atoms with Gasteiger partial charge < -0.3 is 14.4 Å². The summed E-state index contributed by atoms with van der Waals surface area (Å²) in [6, 6.07) is 3.62. The maximum Gasteiger partial charge on any atom is 0.414 e. The number of nitrogens with zero attached hydrogens (tertiary/aromatic N) is 3. The molecular weight excluding hydrogens is 353 g/mol. The number of anilines is 2. The second-order valence-electron chi connectivity index (χ2n) is 5.67. The van der Waals surface area contributed by atoms with Gasteiger partial charge in [0, 0.05) is 13.6 Å². The number of hydrogen-bond donors (Lipinski definition) is 1. The van der Waals surface area contributed by atoms with Crippen molar-refractivity contribution in [2.24, 2.45) is 0 Å². The predicted octanol–water partition coefficient (Wildman–Crippen LogP) is 2.09. The van der Waals surface area contributed by atoms with Crippen molar-refractivity contribution in [3.05, 3.63) is 24.0 Å². The lowest BCUT2D eigenvalue weighted by Gasteiger charge is -2.26. The molecule has 0 aliphatic carbocycles. The standard InChI is InChI=1S/C15H16FN3O5S/c1-17(15(22)25)7-10-8-24-14(21)19(10)9-2-3-12(11(16)6-9)18-4-5-23-13(18)20/h2-3,6,10H,4-5,7-8H2,1H3,(H,22,25). The van der Waals surface area contributed by atoms with Gasteiger partial charge in [-0.1, -0.05) is 12.6 Å². The topological polar surface area (TPSA) is 79.4 Å². The molecular formula is C15H16FN3O5S. The minimum atomic E-state index is -0.659. The van der Waals surface area contributed by atoms with Crippen LogP contribution >= 0.6 is 12.6 Å². The van der Waals surface area contributed by atoms with E-state index in [1.807, 2.05) is 0 Å². The van der Waals surface area contributed by atoms with Crippen molar-refractivity contribution < 1.29 is 28.2 Å². The number of hydrogen-bond acceptors (Lipinski definition) is 5. The van der Waals surface area contributed by atoms with Gasteiger partial charge in [0.2, 0.25) is 0 Å². The van der Waals surface area contributed by atoms with Crippen LogP contribution in [-0.2, 0) is 9.47 Å². The molecule has 2 fully saturated rings. The highest BCUT2D eigenvalue weighted by Gasteiger charge is 2.36. The number of halogens is 1. The quantitative estimate of drug-likeness (QED) is 0.822. The van der Waals surface area contributed by atoms with Crippen molar-refractivity contribution in [3.8, 4) is 0 Å². The summed E-state index contributed by atoms with van der Waals surface area (Å²) in [6.45, 7) is 0.727. The average molecular weight is 369 g/mol. The van der Waals surface area contributed by atoms with Crippen molar-refractivity contribution in [2.75, 3.05) is 43.2 Å². The number of carbonyl (C=O) groups excluding carboxylic acids is 3. The lowest BCUT2D eigenvalue weighted by molar-refractivity contribution is 0.177. The Kier molecular flexibility index (Phi) is 4.71. The Balaban J connectivity index is 1.84. The summed E-state index contributed by atoms with van der Waals surface area (Å²) in [5, 5.41) is -0.451. The van der Waals surface area contributed by atoms with Crippen LogP contribution in [0.1, 0.15) is 0 Å². The van der Waals surface area contributed by atoms with E-state index in [0.717, 1.165) is 6.07 Å².